The number of nitrogens with zero attached hydrogens (tertiary/aromatic N) is 2. The number of benzene rings is 1. The van der Waals surface area contributed by atoms with Crippen LogP contribution in [-0.4, -0.2) is 18.6 Å². The summed E-state index contributed by atoms with van der Waals surface area (Å²) in [4.78, 5) is 4.57. The number of anilines is 1. The van der Waals surface area contributed by atoms with E-state index in [1.807, 2.05) is 25.1 Å². The molecule has 3 aromatic rings. The molecule has 7 heteroatoms. The number of pyridine rings is 1. The van der Waals surface area contributed by atoms with Crippen LogP contribution >= 0.6 is 0 Å². The van der Waals surface area contributed by atoms with Crippen LogP contribution in [0.2, 0.25) is 0 Å². The van der Waals surface area contributed by atoms with E-state index in [2.05, 4.69) is 14.9 Å². The average Bonchev–Trinajstić information content (AvgIpc) is 2.92. The highest BCUT2D eigenvalue weighted by Crippen LogP contribution is 2.21. The summed E-state index contributed by atoms with van der Waals surface area (Å²) in [6, 6.07) is 13.7. The minimum absolute atomic E-state index is 0.148. The quantitative estimate of drug-likeness (QED) is 0.794. The van der Waals surface area contributed by atoms with Gasteiger partial charge in [-0.1, -0.05) is 23.4 Å². The standard InChI is InChI=1S/C16H15N3O3S/c1-11-4-3-5-15(17-11)13-6-8-14(9-7-13)23(20,21)19-16-10-12(2)22-18-16/h3-10H,1-2H3,(H,18,19). The molecule has 0 spiro atoms. The van der Waals surface area contributed by atoms with Gasteiger partial charge in [0.25, 0.3) is 10.0 Å². The topological polar surface area (TPSA) is 85.1 Å². The summed E-state index contributed by atoms with van der Waals surface area (Å²) in [5.74, 6) is 0.690. The van der Waals surface area contributed by atoms with Crippen molar-refractivity contribution in [2.75, 3.05) is 4.72 Å². The molecule has 0 amide bonds. The zero-order chi connectivity index (χ0) is 16.4. The highest BCUT2D eigenvalue weighted by molar-refractivity contribution is 7.92. The lowest BCUT2D eigenvalue weighted by atomic mass is 10.1. The number of aryl methyl sites for hydroxylation is 2. The lowest BCUT2D eigenvalue weighted by molar-refractivity contribution is 0.400. The number of hydrogen-bond donors (Lipinski definition) is 1. The summed E-state index contributed by atoms with van der Waals surface area (Å²) in [5, 5.41) is 3.63. The highest BCUT2D eigenvalue weighted by atomic mass is 32.2. The monoisotopic (exact) mass is 329 g/mol. The number of rotatable bonds is 4. The van der Waals surface area contributed by atoms with Gasteiger partial charge in [0.15, 0.2) is 5.82 Å². The van der Waals surface area contributed by atoms with Gasteiger partial charge in [-0.05, 0) is 38.1 Å². The Morgan fingerprint density at radius 2 is 1.78 bits per heavy atom. The normalized spacial score (nSPS) is 11.4. The third kappa shape index (κ3) is 3.40. The van der Waals surface area contributed by atoms with Crippen molar-refractivity contribution in [2.24, 2.45) is 0 Å². The minimum atomic E-state index is -3.70. The predicted octanol–water partition coefficient (Wildman–Crippen LogP) is 3.15. The van der Waals surface area contributed by atoms with Crippen LogP contribution in [0.1, 0.15) is 11.5 Å². The molecule has 0 aliphatic carbocycles. The third-order valence-corrected chi connectivity index (χ3v) is 4.59. The number of sulfonamides is 1. The molecule has 0 fully saturated rings. The van der Waals surface area contributed by atoms with Crippen molar-refractivity contribution < 1.29 is 12.9 Å². The van der Waals surface area contributed by atoms with Gasteiger partial charge in [-0.3, -0.25) is 9.71 Å². The molecular weight excluding hydrogens is 314 g/mol. The molecule has 0 saturated heterocycles. The van der Waals surface area contributed by atoms with E-state index in [-0.39, 0.29) is 10.7 Å². The average molecular weight is 329 g/mol. The van der Waals surface area contributed by atoms with Crippen molar-refractivity contribution in [1.29, 1.82) is 0 Å². The van der Waals surface area contributed by atoms with Crippen LogP contribution in [-0.2, 0) is 10.0 Å². The fraction of sp³-hybridized carbons (Fsp3) is 0.125. The van der Waals surface area contributed by atoms with Gasteiger partial charge in [-0.15, -0.1) is 0 Å². The first-order valence-corrected chi connectivity index (χ1v) is 8.42. The van der Waals surface area contributed by atoms with Crippen LogP contribution in [0.25, 0.3) is 11.3 Å². The summed E-state index contributed by atoms with van der Waals surface area (Å²) < 4.78 is 31.8. The van der Waals surface area contributed by atoms with E-state index in [1.165, 1.54) is 18.2 Å². The lowest BCUT2D eigenvalue weighted by Crippen LogP contribution is -2.13. The maximum absolute atomic E-state index is 12.3. The predicted molar refractivity (Wildman–Crippen MR) is 86.5 cm³/mol. The van der Waals surface area contributed by atoms with E-state index in [4.69, 9.17) is 4.52 Å². The third-order valence-electron chi connectivity index (χ3n) is 3.22. The molecule has 3 rings (SSSR count). The van der Waals surface area contributed by atoms with Gasteiger partial charge < -0.3 is 4.52 Å². The van der Waals surface area contributed by atoms with Gasteiger partial charge in [0.05, 0.1) is 10.6 Å². The van der Waals surface area contributed by atoms with E-state index in [0.717, 1.165) is 17.0 Å². The van der Waals surface area contributed by atoms with Gasteiger partial charge in [-0.2, -0.15) is 0 Å². The Labute approximate surface area is 134 Å². The molecule has 23 heavy (non-hydrogen) atoms. The molecule has 0 saturated carbocycles. The minimum Gasteiger partial charge on any atom is -0.360 e. The molecule has 0 radical (unpaired) electrons. The zero-order valence-electron chi connectivity index (χ0n) is 12.6. The number of hydrogen-bond acceptors (Lipinski definition) is 5. The summed E-state index contributed by atoms with van der Waals surface area (Å²) in [7, 11) is -3.70. The second-order valence-corrected chi connectivity index (χ2v) is 6.80. The fourth-order valence-corrected chi connectivity index (χ4v) is 3.10. The summed E-state index contributed by atoms with van der Waals surface area (Å²) in [6.45, 7) is 3.60. The van der Waals surface area contributed by atoms with Gasteiger partial charge in [0, 0.05) is 17.3 Å². The molecule has 0 bridgehead atoms. The molecule has 6 nitrogen and oxygen atoms in total. The maximum atomic E-state index is 12.3. The molecule has 2 aromatic heterocycles. The molecule has 2 heterocycles. The SMILES string of the molecule is Cc1cccc(-c2ccc(S(=O)(=O)Nc3cc(C)on3)cc2)n1. The first kappa shape index (κ1) is 15.2. The number of aromatic nitrogens is 2. The molecule has 1 N–H and O–H groups in total. The summed E-state index contributed by atoms with van der Waals surface area (Å²) in [6.07, 6.45) is 0. The molecular formula is C16H15N3O3S. The van der Waals surface area contributed by atoms with Crippen LogP contribution in [0.3, 0.4) is 0 Å². The Morgan fingerprint density at radius 1 is 1.04 bits per heavy atom. The van der Waals surface area contributed by atoms with Crippen LogP contribution in [0, 0.1) is 13.8 Å². The smallest absolute Gasteiger partial charge is 0.263 e. The van der Waals surface area contributed by atoms with Gasteiger partial charge in [-0.25, -0.2) is 8.42 Å². The van der Waals surface area contributed by atoms with Crippen molar-refractivity contribution in [3.8, 4) is 11.3 Å². The molecule has 0 aliphatic rings. The number of nitrogens with one attached hydrogen (secondary N) is 1. The molecule has 1 aromatic carbocycles. The first-order chi connectivity index (χ1) is 10.9. The second-order valence-electron chi connectivity index (χ2n) is 5.12. The first-order valence-electron chi connectivity index (χ1n) is 6.94. The molecule has 0 atom stereocenters. The van der Waals surface area contributed by atoms with Crippen LogP contribution in [0.15, 0.2) is 57.9 Å². The Bertz CT molecular complexity index is 931. The second kappa shape index (κ2) is 5.85. The molecule has 0 unspecified atom stereocenters. The highest BCUT2D eigenvalue weighted by Gasteiger charge is 2.16. The van der Waals surface area contributed by atoms with E-state index >= 15 is 0 Å². The van der Waals surface area contributed by atoms with Crippen molar-refractivity contribution >= 4 is 15.8 Å². The van der Waals surface area contributed by atoms with E-state index in [9.17, 15) is 8.42 Å². The van der Waals surface area contributed by atoms with Crippen molar-refractivity contribution in [1.82, 2.24) is 10.1 Å². The Kier molecular flexibility index (Phi) is 3.87. The van der Waals surface area contributed by atoms with Crippen molar-refractivity contribution in [3.05, 3.63) is 60.0 Å². The Balaban J connectivity index is 1.86. The van der Waals surface area contributed by atoms with Crippen LogP contribution in [0.4, 0.5) is 5.82 Å². The van der Waals surface area contributed by atoms with E-state index in [1.54, 1.807) is 19.1 Å². The van der Waals surface area contributed by atoms with E-state index in [0.29, 0.717) is 5.76 Å². The largest absolute Gasteiger partial charge is 0.360 e. The Hall–Kier alpha value is -2.67. The maximum Gasteiger partial charge on any atom is 0.263 e. The lowest BCUT2D eigenvalue weighted by Gasteiger charge is -2.06. The molecule has 0 aliphatic heterocycles. The van der Waals surface area contributed by atoms with E-state index < -0.39 is 10.0 Å². The summed E-state index contributed by atoms with van der Waals surface area (Å²) >= 11 is 0. The van der Waals surface area contributed by atoms with Crippen LogP contribution < -0.4 is 4.72 Å². The van der Waals surface area contributed by atoms with Gasteiger partial charge in [0.2, 0.25) is 0 Å². The summed E-state index contributed by atoms with van der Waals surface area (Å²) in [5.41, 5.74) is 2.56. The fourth-order valence-electron chi connectivity index (χ4n) is 2.12. The van der Waals surface area contributed by atoms with Crippen molar-refractivity contribution in [2.45, 2.75) is 18.7 Å². The Morgan fingerprint density at radius 3 is 2.39 bits per heavy atom. The van der Waals surface area contributed by atoms with Gasteiger partial charge >= 0.3 is 0 Å². The zero-order valence-corrected chi connectivity index (χ0v) is 13.5. The molecule has 118 valence electrons. The van der Waals surface area contributed by atoms with Crippen LogP contribution in [0.5, 0.6) is 0 Å². The van der Waals surface area contributed by atoms with Crippen molar-refractivity contribution in [3.63, 3.8) is 0 Å². The van der Waals surface area contributed by atoms with Gasteiger partial charge in [0.1, 0.15) is 5.76 Å².